The second-order valence-electron chi connectivity index (χ2n) is 5.59. The van der Waals surface area contributed by atoms with E-state index in [-0.39, 0.29) is 6.61 Å². The zero-order chi connectivity index (χ0) is 16.0. The number of rotatable bonds is 3. The van der Waals surface area contributed by atoms with Crippen molar-refractivity contribution in [1.29, 1.82) is 0 Å². The van der Waals surface area contributed by atoms with Gasteiger partial charge in [0.25, 0.3) is 0 Å². The first kappa shape index (κ1) is 14.2. The zero-order valence-electron chi connectivity index (χ0n) is 12.8. The number of hydrogen-bond donors (Lipinski definition) is 2. The van der Waals surface area contributed by atoms with Crippen molar-refractivity contribution in [2.45, 2.75) is 26.2 Å². The maximum atomic E-state index is 10.2. The molecule has 3 N–H and O–H groups in total. The fourth-order valence-corrected chi connectivity index (χ4v) is 3.03. The van der Waals surface area contributed by atoms with Crippen molar-refractivity contribution in [3.8, 4) is 5.75 Å². The van der Waals surface area contributed by atoms with Gasteiger partial charge >= 0.3 is 0 Å². The number of benzene rings is 1. The molecule has 0 aliphatic carbocycles. The van der Waals surface area contributed by atoms with Crippen LogP contribution in [0.4, 0.5) is 5.82 Å². The van der Waals surface area contributed by atoms with Crippen molar-refractivity contribution in [2.24, 2.45) is 0 Å². The van der Waals surface area contributed by atoms with Gasteiger partial charge in [0.1, 0.15) is 36.4 Å². The summed E-state index contributed by atoms with van der Waals surface area (Å²) in [6.07, 6.45) is -0.634. The Balaban J connectivity index is 2.10. The highest BCUT2D eigenvalue weighted by Gasteiger charge is 2.23. The summed E-state index contributed by atoms with van der Waals surface area (Å²) in [7, 11) is 0. The molecular formula is C16H18N4O3. The number of anilines is 1. The molecule has 120 valence electrons. The van der Waals surface area contributed by atoms with Gasteiger partial charge in [-0.2, -0.15) is 0 Å². The molecule has 0 amide bonds. The van der Waals surface area contributed by atoms with Crippen LogP contribution in [0.2, 0.25) is 0 Å². The predicted molar refractivity (Wildman–Crippen MR) is 86.3 cm³/mol. The lowest BCUT2D eigenvalue weighted by atomic mass is 10.1. The third-order valence-electron chi connectivity index (χ3n) is 4.03. The van der Waals surface area contributed by atoms with Gasteiger partial charge in [-0.05, 0) is 19.1 Å². The van der Waals surface area contributed by atoms with Crippen LogP contribution < -0.4 is 10.5 Å². The van der Waals surface area contributed by atoms with Crippen LogP contribution in [-0.4, -0.2) is 39.0 Å². The zero-order valence-corrected chi connectivity index (χ0v) is 12.8. The minimum absolute atomic E-state index is 0.219. The predicted octanol–water partition coefficient (Wildman–Crippen LogP) is 1.46. The number of hydrogen-bond acceptors (Lipinski definition) is 6. The molecule has 0 unspecified atom stereocenters. The Labute approximate surface area is 132 Å². The van der Waals surface area contributed by atoms with Crippen molar-refractivity contribution in [3.05, 3.63) is 24.0 Å². The average molecular weight is 314 g/mol. The Morgan fingerprint density at radius 1 is 1.43 bits per heavy atom. The molecule has 1 aliphatic rings. The molecule has 0 fully saturated rings. The average Bonchev–Trinajstić information content (AvgIpc) is 2.88. The van der Waals surface area contributed by atoms with Crippen LogP contribution in [0.1, 0.15) is 12.7 Å². The highest BCUT2D eigenvalue weighted by molar-refractivity contribution is 6.09. The number of imidazole rings is 1. The van der Waals surface area contributed by atoms with E-state index in [9.17, 15) is 5.11 Å². The van der Waals surface area contributed by atoms with Gasteiger partial charge in [0.05, 0.1) is 23.0 Å². The van der Waals surface area contributed by atoms with Crippen LogP contribution in [0.15, 0.2) is 18.2 Å². The Kier molecular flexibility index (Phi) is 3.32. The molecule has 4 rings (SSSR count). The van der Waals surface area contributed by atoms with E-state index < -0.39 is 6.10 Å². The normalized spacial score (nSPS) is 17.4. The molecule has 1 aliphatic heterocycles. The topological polar surface area (TPSA) is 95.4 Å². The molecule has 0 saturated carbocycles. The molecule has 7 nitrogen and oxygen atoms in total. The van der Waals surface area contributed by atoms with Gasteiger partial charge in [-0.15, -0.1) is 0 Å². The first-order chi connectivity index (χ1) is 11.2. The van der Waals surface area contributed by atoms with Gasteiger partial charge in [0.15, 0.2) is 5.82 Å². The molecule has 1 aromatic carbocycles. The molecule has 0 spiro atoms. The fourth-order valence-electron chi connectivity index (χ4n) is 3.03. The number of nitrogens with zero attached hydrogens (tertiary/aromatic N) is 3. The van der Waals surface area contributed by atoms with E-state index in [1.165, 1.54) is 0 Å². The van der Waals surface area contributed by atoms with E-state index in [0.717, 1.165) is 22.2 Å². The van der Waals surface area contributed by atoms with E-state index in [1.807, 2.05) is 29.7 Å². The Bertz CT molecular complexity index is 890. The minimum Gasteiger partial charge on any atom is -0.490 e. The van der Waals surface area contributed by atoms with Gasteiger partial charge in [-0.3, -0.25) is 0 Å². The molecule has 7 heteroatoms. The lowest BCUT2D eigenvalue weighted by Gasteiger charge is -2.20. The molecular weight excluding hydrogens is 296 g/mol. The van der Waals surface area contributed by atoms with Crippen molar-refractivity contribution >= 4 is 27.8 Å². The van der Waals surface area contributed by atoms with Gasteiger partial charge in [-0.25, -0.2) is 9.97 Å². The van der Waals surface area contributed by atoms with Gasteiger partial charge in [0.2, 0.25) is 0 Å². The summed E-state index contributed by atoms with van der Waals surface area (Å²) in [5.41, 5.74) is 8.32. The Morgan fingerprint density at radius 2 is 2.30 bits per heavy atom. The minimum atomic E-state index is -0.634. The van der Waals surface area contributed by atoms with Crippen LogP contribution in [0.3, 0.4) is 0 Å². The maximum Gasteiger partial charge on any atom is 0.152 e. The smallest absolute Gasteiger partial charge is 0.152 e. The van der Waals surface area contributed by atoms with Gasteiger partial charge in [-0.1, -0.05) is 6.07 Å². The number of ether oxygens (including phenoxy) is 2. The van der Waals surface area contributed by atoms with Crippen LogP contribution in [0.5, 0.6) is 5.75 Å². The molecule has 3 aromatic rings. The van der Waals surface area contributed by atoms with Crippen LogP contribution in [-0.2, 0) is 17.9 Å². The summed E-state index contributed by atoms with van der Waals surface area (Å²) in [5.74, 6) is 1.79. The highest BCUT2D eigenvalue weighted by atomic mass is 16.5. The standard InChI is InChI=1S/C16H18N4O3/c1-2-22-8-12-19-14-15-13-10(18-16(14)17)4-3-5-11(13)23-7-9(21)6-20(12)15/h3-5,9,21H,2,6-8H2,1H3,(H2,17,18)/t9-/m1/s1. The van der Waals surface area contributed by atoms with Crippen LogP contribution >= 0.6 is 0 Å². The number of aliphatic hydroxyl groups is 1. The van der Waals surface area contributed by atoms with Crippen LogP contribution in [0, 0.1) is 0 Å². The molecule has 0 saturated heterocycles. The molecule has 23 heavy (non-hydrogen) atoms. The summed E-state index contributed by atoms with van der Waals surface area (Å²) >= 11 is 0. The lowest BCUT2D eigenvalue weighted by molar-refractivity contribution is 0.0867. The van der Waals surface area contributed by atoms with Crippen LogP contribution in [0.25, 0.3) is 21.9 Å². The molecule has 3 heterocycles. The number of aliphatic hydroxyl groups excluding tert-OH is 1. The SMILES string of the molecule is CCOCc1nc2c(N)nc3cccc4c3c2n1C[C@@H](O)CO4. The maximum absolute atomic E-state index is 10.2. The van der Waals surface area contributed by atoms with E-state index in [1.54, 1.807) is 0 Å². The van der Waals surface area contributed by atoms with E-state index in [4.69, 9.17) is 15.2 Å². The summed E-state index contributed by atoms with van der Waals surface area (Å²) in [6.45, 7) is 3.49. The van der Waals surface area contributed by atoms with Crippen molar-refractivity contribution in [1.82, 2.24) is 14.5 Å². The molecule has 0 bridgehead atoms. The first-order valence-electron chi connectivity index (χ1n) is 7.65. The van der Waals surface area contributed by atoms with Gasteiger partial charge in [0, 0.05) is 6.61 Å². The van der Waals surface area contributed by atoms with E-state index in [0.29, 0.717) is 36.8 Å². The molecule has 1 atom stereocenters. The Morgan fingerprint density at radius 3 is 3.13 bits per heavy atom. The second kappa shape index (κ2) is 5.36. The first-order valence-corrected chi connectivity index (χ1v) is 7.65. The van der Waals surface area contributed by atoms with Gasteiger partial charge < -0.3 is 24.9 Å². The Hall–Kier alpha value is -2.38. The summed E-state index contributed by atoms with van der Waals surface area (Å²) in [6, 6.07) is 5.64. The third-order valence-corrected chi connectivity index (χ3v) is 4.03. The number of pyridine rings is 1. The quantitative estimate of drug-likeness (QED) is 0.760. The van der Waals surface area contributed by atoms with Crippen molar-refractivity contribution in [3.63, 3.8) is 0 Å². The largest absolute Gasteiger partial charge is 0.490 e. The van der Waals surface area contributed by atoms with Crippen molar-refractivity contribution < 1.29 is 14.6 Å². The molecule has 2 aromatic heterocycles. The highest BCUT2D eigenvalue weighted by Crippen LogP contribution is 2.36. The van der Waals surface area contributed by atoms with E-state index in [2.05, 4.69) is 9.97 Å². The monoisotopic (exact) mass is 314 g/mol. The number of aromatic nitrogens is 3. The number of nitrogens with two attached hydrogens (primary N) is 1. The third kappa shape index (κ3) is 2.20. The summed E-state index contributed by atoms with van der Waals surface area (Å²) in [5, 5.41) is 11.1. The van der Waals surface area contributed by atoms with E-state index >= 15 is 0 Å². The summed E-state index contributed by atoms with van der Waals surface area (Å²) in [4.78, 5) is 9.05. The van der Waals surface area contributed by atoms with Crippen molar-refractivity contribution in [2.75, 3.05) is 18.9 Å². The molecule has 0 radical (unpaired) electrons. The lowest BCUT2D eigenvalue weighted by Crippen LogP contribution is -2.26. The second-order valence-corrected chi connectivity index (χ2v) is 5.59. The summed E-state index contributed by atoms with van der Waals surface area (Å²) < 4.78 is 13.2. The fraction of sp³-hybridized carbons (Fsp3) is 0.375. The number of nitrogen functional groups attached to an aromatic ring is 1.